The molecule has 2 heterocycles. The Kier molecular flexibility index (Phi) is 6.32. The van der Waals surface area contributed by atoms with E-state index in [0.29, 0.717) is 48.7 Å². The number of amides is 3. The number of benzene rings is 2. The molecule has 2 aliphatic heterocycles. The van der Waals surface area contributed by atoms with E-state index < -0.39 is 17.5 Å². The fourth-order valence-electron chi connectivity index (χ4n) is 3.86. The van der Waals surface area contributed by atoms with Crippen molar-refractivity contribution < 1.29 is 23.6 Å². The van der Waals surface area contributed by atoms with Crippen molar-refractivity contribution in [3.63, 3.8) is 0 Å². The molecule has 9 heteroatoms. The molecule has 0 radical (unpaired) electrons. The topological polar surface area (TPSA) is 98.8 Å². The SMILES string of the molecule is CC(=O)N1CCN(CC(=O)Nc2ccc(C(=O)/C=C3\C(=O)Nc4ccc(F)cc43)cc2)CC1. The zero-order valence-corrected chi connectivity index (χ0v) is 18.1. The number of hydrogen-bond donors (Lipinski definition) is 2. The van der Waals surface area contributed by atoms with Crippen LogP contribution in [0.3, 0.4) is 0 Å². The molecule has 8 nitrogen and oxygen atoms in total. The van der Waals surface area contributed by atoms with Crippen molar-refractivity contribution in [1.82, 2.24) is 9.80 Å². The van der Waals surface area contributed by atoms with E-state index in [2.05, 4.69) is 10.6 Å². The number of hydrogen-bond acceptors (Lipinski definition) is 5. The van der Waals surface area contributed by atoms with Crippen LogP contribution in [-0.4, -0.2) is 66.0 Å². The molecule has 2 aromatic carbocycles. The highest BCUT2D eigenvalue weighted by Crippen LogP contribution is 2.32. The number of carbonyl (C=O) groups excluding carboxylic acids is 4. The summed E-state index contributed by atoms with van der Waals surface area (Å²) in [5.74, 6) is -1.51. The predicted octanol–water partition coefficient (Wildman–Crippen LogP) is 2.15. The van der Waals surface area contributed by atoms with Gasteiger partial charge in [-0.3, -0.25) is 24.1 Å². The summed E-state index contributed by atoms with van der Waals surface area (Å²) in [6.07, 6.45) is 1.19. The van der Waals surface area contributed by atoms with Crippen LogP contribution < -0.4 is 10.6 Å². The maximum absolute atomic E-state index is 13.6. The summed E-state index contributed by atoms with van der Waals surface area (Å²) in [5, 5.41) is 5.40. The maximum atomic E-state index is 13.6. The highest BCUT2D eigenvalue weighted by Gasteiger charge is 2.25. The van der Waals surface area contributed by atoms with Gasteiger partial charge in [-0.25, -0.2) is 4.39 Å². The Morgan fingerprint density at radius 3 is 2.42 bits per heavy atom. The number of halogens is 1. The monoisotopic (exact) mass is 450 g/mol. The van der Waals surface area contributed by atoms with Gasteiger partial charge in [-0.2, -0.15) is 0 Å². The Hall–Kier alpha value is -3.85. The van der Waals surface area contributed by atoms with Crippen molar-refractivity contribution >= 4 is 40.5 Å². The molecule has 170 valence electrons. The molecule has 1 saturated heterocycles. The second-order valence-electron chi connectivity index (χ2n) is 7.97. The van der Waals surface area contributed by atoms with E-state index in [9.17, 15) is 23.6 Å². The zero-order chi connectivity index (χ0) is 23.5. The van der Waals surface area contributed by atoms with Gasteiger partial charge in [0.05, 0.1) is 12.1 Å². The van der Waals surface area contributed by atoms with Gasteiger partial charge in [-0.1, -0.05) is 0 Å². The van der Waals surface area contributed by atoms with Crippen molar-refractivity contribution in [3.8, 4) is 0 Å². The molecule has 3 amide bonds. The lowest BCUT2D eigenvalue weighted by Crippen LogP contribution is -2.49. The molecule has 4 rings (SSSR count). The Morgan fingerprint density at radius 2 is 1.76 bits per heavy atom. The van der Waals surface area contributed by atoms with Gasteiger partial charge in [-0.05, 0) is 48.5 Å². The summed E-state index contributed by atoms with van der Waals surface area (Å²) in [5.41, 5.74) is 1.79. The number of carbonyl (C=O) groups is 4. The van der Waals surface area contributed by atoms with Gasteiger partial charge in [0.1, 0.15) is 5.82 Å². The third-order valence-corrected chi connectivity index (χ3v) is 5.68. The summed E-state index contributed by atoms with van der Waals surface area (Å²) in [4.78, 5) is 52.3. The normalized spacial score (nSPS) is 17.0. The minimum absolute atomic E-state index is 0.0364. The molecule has 0 saturated carbocycles. The molecule has 0 aromatic heterocycles. The second kappa shape index (κ2) is 9.33. The van der Waals surface area contributed by atoms with Crippen LogP contribution in [0.1, 0.15) is 22.8 Å². The minimum Gasteiger partial charge on any atom is -0.340 e. The predicted molar refractivity (Wildman–Crippen MR) is 121 cm³/mol. The van der Waals surface area contributed by atoms with Gasteiger partial charge < -0.3 is 15.5 Å². The summed E-state index contributed by atoms with van der Waals surface area (Å²) in [6.45, 7) is 4.22. The lowest BCUT2D eigenvalue weighted by atomic mass is 10.0. The van der Waals surface area contributed by atoms with Gasteiger partial charge >= 0.3 is 0 Å². The molecule has 0 aliphatic carbocycles. The van der Waals surface area contributed by atoms with Crippen LogP contribution in [0.15, 0.2) is 48.5 Å². The molecule has 2 N–H and O–H groups in total. The Balaban J connectivity index is 1.36. The number of nitrogens with zero attached hydrogens (tertiary/aromatic N) is 2. The van der Waals surface area contributed by atoms with Crippen molar-refractivity contribution in [1.29, 1.82) is 0 Å². The highest BCUT2D eigenvalue weighted by atomic mass is 19.1. The lowest BCUT2D eigenvalue weighted by molar-refractivity contribution is -0.130. The molecule has 0 unspecified atom stereocenters. The average molecular weight is 450 g/mol. The first-order valence-electron chi connectivity index (χ1n) is 10.6. The number of allylic oxidation sites excluding steroid dienone is 1. The standard InChI is InChI=1S/C24H23FN4O4/c1-15(30)29-10-8-28(9-11-29)14-23(32)26-18-5-2-16(3-6-18)22(31)13-20-19-12-17(25)4-7-21(19)27-24(20)33/h2-7,12-13H,8-11,14H2,1H3,(H,26,32)(H,27,33)/b20-13-. The molecule has 2 aromatic rings. The highest BCUT2D eigenvalue weighted by molar-refractivity contribution is 6.35. The van der Waals surface area contributed by atoms with E-state index in [-0.39, 0.29) is 23.9 Å². The van der Waals surface area contributed by atoms with Crippen molar-refractivity contribution in [3.05, 3.63) is 65.5 Å². The van der Waals surface area contributed by atoms with Crippen LogP contribution in [-0.2, 0) is 14.4 Å². The number of piperazine rings is 1. The first-order chi connectivity index (χ1) is 15.8. The Labute approximate surface area is 190 Å². The number of anilines is 2. The van der Waals surface area contributed by atoms with Crippen molar-refractivity contribution in [2.24, 2.45) is 0 Å². The fourth-order valence-corrected chi connectivity index (χ4v) is 3.86. The molecule has 2 aliphatic rings. The van der Waals surface area contributed by atoms with Crippen LogP contribution in [0.2, 0.25) is 0 Å². The van der Waals surface area contributed by atoms with Crippen LogP contribution in [0, 0.1) is 5.82 Å². The first kappa shape index (κ1) is 22.3. The number of rotatable bonds is 5. The minimum atomic E-state index is -0.496. The van der Waals surface area contributed by atoms with Crippen LogP contribution >= 0.6 is 0 Å². The van der Waals surface area contributed by atoms with Gasteiger partial charge in [0, 0.05) is 55.6 Å². The molecule has 0 bridgehead atoms. The van der Waals surface area contributed by atoms with Gasteiger partial charge in [0.2, 0.25) is 11.8 Å². The fraction of sp³-hybridized carbons (Fsp3) is 0.250. The quantitative estimate of drug-likeness (QED) is 0.537. The number of nitrogens with one attached hydrogen (secondary N) is 2. The smallest absolute Gasteiger partial charge is 0.256 e. The van der Waals surface area contributed by atoms with Gasteiger partial charge in [0.25, 0.3) is 5.91 Å². The van der Waals surface area contributed by atoms with E-state index in [1.165, 1.54) is 31.2 Å². The molecule has 0 atom stereocenters. The molecule has 33 heavy (non-hydrogen) atoms. The van der Waals surface area contributed by atoms with Crippen molar-refractivity contribution in [2.45, 2.75) is 6.92 Å². The van der Waals surface area contributed by atoms with E-state index in [1.807, 2.05) is 4.90 Å². The first-order valence-corrected chi connectivity index (χ1v) is 10.6. The summed E-state index contributed by atoms with van der Waals surface area (Å²) >= 11 is 0. The number of ketones is 1. The summed E-state index contributed by atoms with van der Waals surface area (Å²) in [7, 11) is 0. The van der Waals surface area contributed by atoms with E-state index >= 15 is 0 Å². The zero-order valence-electron chi connectivity index (χ0n) is 18.1. The van der Waals surface area contributed by atoms with E-state index in [1.54, 1.807) is 29.2 Å². The van der Waals surface area contributed by atoms with Crippen LogP contribution in [0.25, 0.3) is 5.57 Å². The maximum Gasteiger partial charge on any atom is 0.256 e. The third-order valence-electron chi connectivity index (χ3n) is 5.68. The second-order valence-corrected chi connectivity index (χ2v) is 7.97. The van der Waals surface area contributed by atoms with Crippen molar-refractivity contribution in [2.75, 3.05) is 43.4 Å². The molecular weight excluding hydrogens is 427 g/mol. The van der Waals surface area contributed by atoms with Crippen LogP contribution in [0.5, 0.6) is 0 Å². The van der Waals surface area contributed by atoms with E-state index in [0.717, 1.165) is 0 Å². The van der Waals surface area contributed by atoms with Crippen LogP contribution in [0.4, 0.5) is 15.8 Å². The lowest BCUT2D eigenvalue weighted by Gasteiger charge is -2.33. The third kappa shape index (κ3) is 5.15. The van der Waals surface area contributed by atoms with E-state index in [4.69, 9.17) is 0 Å². The average Bonchev–Trinajstić information content (AvgIpc) is 3.09. The molecule has 1 fully saturated rings. The molecule has 0 spiro atoms. The van der Waals surface area contributed by atoms with Gasteiger partial charge in [-0.15, -0.1) is 0 Å². The van der Waals surface area contributed by atoms with Gasteiger partial charge in [0.15, 0.2) is 5.78 Å². The number of fused-ring (bicyclic) bond motifs is 1. The Bertz CT molecular complexity index is 1150. The summed E-state index contributed by atoms with van der Waals surface area (Å²) < 4.78 is 13.6. The largest absolute Gasteiger partial charge is 0.340 e. The summed E-state index contributed by atoms with van der Waals surface area (Å²) in [6, 6.07) is 10.2. The molecular formula is C24H23FN4O4. The Morgan fingerprint density at radius 1 is 1.06 bits per heavy atom.